The summed E-state index contributed by atoms with van der Waals surface area (Å²) in [7, 11) is 0. The molecule has 6 nitrogen and oxygen atoms in total. The van der Waals surface area contributed by atoms with Gasteiger partial charge in [0.15, 0.2) is 0 Å². The van der Waals surface area contributed by atoms with Crippen LogP contribution in [0.2, 0.25) is 0 Å². The van der Waals surface area contributed by atoms with Crippen LogP contribution >= 0.6 is 0 Å². The standard InChI is InChI=1S/C20H21N3O3/c1-13(2)12-23-16-8-4-3-7-15(16)18(24)17(20(23)26)19(25)22-11-14-6-5-9-21-10-14/h3-10,13,24H,11-12H2,1-2H3,(H,22,25). The highest BCUT2D eigenvalue weighted by Crippen LogP contribution is 2.26. The maximum absolute atomic E-state index is 12.9. The lowest BCUT2D eigenvalue weighted by Crippen LogP contribution is -2.34. The second kappa shape index (κ2) is 7.39. The van der Waals surface area contributed by atoms with Crippen molar-refractivity contribution in [2.75, 3.05) is 0 Å². The van der Waals surface area contributed by atoms with E-state index < -0.39 is 11.5 Å². The highest BCUT2D eigenvalue weighted by molar-refractivity contribution is 6.02. The van der Waals surface area contributed by atoms with Crippen molar-refractivity contribution in [3.63, 3.8) is 0 Å². The zero-order chi connectivity index (χ0) is 18.7. The Bertz CT molecular complexity index is 994. The highest BCUT2D eigenvalue weighted by Gasteiger charge is 2.22. The number of amides is 1. The van der Waals surface area contributed by atoms with E-state index in [9.17, 15) is 14.7 Å². The number of carbonyl (C=O) groups excluding carboxylic acids is 1. The van der Waals surface area contributed by atoms with Crippen LogP contribution in [0, 0.1) is 5.92 Å². The smallest absolute Gasteiger partial charge is 0.267 e. The van der Waals surface area contributed by atoms with E-state index in [0.29, 0.717) is 17.4 Å². The molecule has 0 aliphatic carbocycles. The predicted octanol–water partition coefficient (Wildman–Crippen LogP) is 2.69. The van der Waals surface area contributed by atoms with Crippen LogP contribution in [0.5, 0.6) is 5.75 Å². The molecule has 0 aliphatic rings. The van der Waals surface area contributed by atoms with E-state index in [1.807, 2.05) is 19.9 Å². The fraction of sp³-hybridized carbons (Fsp3) is 0.250. The molecule has 2 aromatic heterocycles. The van der Waals surface area contributed by atoms with Crippen LogP contribution in [0.25, 0.3) is 10.9 Å². The van der Waals surface area contributed by atoms with Gasteiger partial charge >= 0.3 is 0 Å². The Balaban J connectivity index is 2.04. The fourth-order valence-corrected chi connectivity index (χ4v) is 2.91. The largest absolute Gasteiger partial charge is 0.506 e. The van der Waals surface area contributed by atoms with E-state index >= 15 is 0 Å². The van der Waals surface area contributed by atoms with Crippen LogP contribution in [-0.4, -0.2) is 20.6 Å². The summed E-state index contributed by atoms with van der Waals surface area (Å²) < 4.78 is 1.55. The molecule has 0 aliphatic heterocycles. The van der Waals surface area contributed by atoms with Crippen molar-refractivity contribution < 1.29 is 9.90 Å². The summed E-state index contributed by atoms with van der Waals surface area (Å²) in [6.45, 7) is 4.68. The van der Waals surface area contributed by atoms with Crippen molar-refractivity contribution in [3.8, 4) is 5.75 Å². The second-order valence-electron chi connectivity index (χ2n) is 6.59. The van der Waals surface area contributed by atoms with E-state index in [1.165, 1.54) is 0 Å². The molecule has 6 heteroatoms. The Labute approximate surface area is 151 Å². The van der Waals surface area contributed by atoms with Gasteiger partial charge in [-0.25, -0.2) is 0 Å². The number of fused-ring (bicyclic) bond motifs is 1. The third-order valence-corrected chi connectivity index (χ3v) is 4.10. The average molecular weight is 351 g/mol. The Kier molecular flexibility index (Phi) is 5.02. The van der Waals surface area contributed by atoms with Gasteiger partial charge in [-0.15, -0.1) is 0 Å². The Morgan fingerprint density at radius 2 is 2.00 bits per heavy atom. The first kappa shape index (κ1) is 17.7. The minimum absolute atomic E-state index is 0.215. The van der Waals surface area contributed by atoms with E-state index in [1.54, 1.807) is 47.3 Å². The first-order chi connectivity index (χ1) is 12.5. The number of para-hydroxylation sites is 1. The normalized spacial score (nSPS) is 11.0. The first-order valence-electron chi connectivity index (χ1n) is 8.50. The molecule has 0 radical (unpaired) electrons. The zero-order valence-electron chi connectivity index (χ0n) is 14.8. The minimum atomic E-state index is -0.598. The molecule has 0 saturated heterocycles. The summed E-state index contributed by atoms with van der Waals surface area (Å²) in [4.78, 5) is 29.5. The number of hydrogen-bond donors (Lipinski definition) is 2. The van der Waals surface area contributed by atoms with Crippen molar-refractivity contribution in [2.24, 2.45) is 5.92 Å². The maximum Gasteiger partial charge on any atom is 0.267 e. The molecule has 26 heavy (non-hydrogen) atoms. The van der Waals surface area contributed by atoms with E-state index in [2.05, 4.69) is 10.3 Å². The van der Waals surface area contributed by atoms with Crippen LogP contribution in [0.3, 0.4) is 0 Å². The summed E-state index contributed by atoms with van der Waals surface area (Å²) in [5.41, 5.74) is 0.711. The number of nitrogens with zero attached hydrogens (tertiary/aromatic N) is 2. The minimum Gasteiger partial charge on any atom is -0.506 e. The monoisotopic (exact) mass is 351 g/mol. The van der Waals surface area contributed by atoms with Gasteiger partial charge in [0.05, 0.1) is 5.52 Å². The SMILES string of the molecule is CC(C)Cn1c(=O)c(C(=O)NCc2cccnc2)c(O)c2ccccc21. The fourth-order valence-electron chi connectivity index (χ4n) is 2.91. The third-order valence-electron chi connectivity index (χ3n) is 4.10. The molecule has 0 bridgehead atoms. The van der Waals surface area contributed by atoms with Gasteiger partial charge in [-0.05, 0) is 29.7 Å². The molecule has 3 aromatic rings. The van der Waals surface area contributed by atoms with Crippen molar-refractivity contribution in [2.45, 2.75) is 26.9 Å². The van der Waals surface area contributed by atoms with Crippen LogP contribution in [0.15, 0.2) is 53.6 Å². The number of nitrogens with one attached hydrogen (secondary N) is 1. The number of pyridine rings is 2. The van der Waals surface area contributed by atoms with E-state index in [4.69, 9.17) is 0 Å². The number of aromatic hydroxyl groups is 1. The molecule has 0 atom stereocenters. The number of carbonyl (C=O) groups is 1. The van der Waals surface area contributed by atoms with Gasteiger partial charge in [-0.1, -0.05) is 32.0 Å². The lowest BCUT2D eigenvalue weighted by molar-refractivity contribution is 0.0946. The van der Waals surface area contributed by atoms with Gasteiger partial charge in [0, 0.05) is 30.9 Å². The van der Waals surface area contributed by atoms with E-state index in [0.717, 1.165) is 5.56 Å². The topological polar surface area (TPSA) is 84.2 Å². The summed E-state index contributed by atoms with van der Waals surface area (Å²) in [6, 6.07) is 10.6. The predicted molar refractivity (Wildman–Crippen MR) is 100 cm³/mol. The molecule has 1 aromatic carbocycles. The summed E-state index contributed by atoms with van der Waals surface area (Å²) in [5.74, 6) is -0.666. The first-order valence-corrected chi connectivity index (χ1v) is 8.50. The lowest BCUT2D eigenvalue weighted by atomic mass is 10.1. The van der Waals surface area contributed by atoms with Gasteiger partial charge < -0.3 is 15.0 Å². The van der Waals surface area contributed by atoms with E-state index in [-0.39, 0.29) is 23.8 Å². The molecule has 134 valence electrons. The van der Waals surface area contributed by atoms with Crippen molar-refractivity contribution in [1.82, 2.24) is 14.9 Å². The number of aromatic nitrogens is 2. The molecule has 2 heterocycles. The third kappa shape index (κ3) is 3.44. The quantitative estimate of drug-likeness (QED) is 0.740. The molecular formula is C20H21N3O3. The van der Waals surface area contributed by atoms with Crippen LogP contribution in [-0.2, 0) is 13.1 Å². The second-order valence-corrected chi connectivity index (χ2v) is 6.59. The van der Waals surface area contributed by atoms with Crippen LogP contribution < -0.4 is 10.9 Å². The lowest BCUT2D eigenvalue weighted by Gasteiger charge is -2.16. The Morgan fingerprint density at radius 3 is 2.69 bits per heavy atom. The molecule has 3 rings (SSSR count). The van der Waals surface area contributed by atoms with Crippen LogP contribution in [0.1, 0.15) is 29.8 Å². The van der Waals surface area contributed by atoms with Crippen LogP contribution in [0.4, 0.5) is 0 Å². The molecule has 0 spiro atoms. The van der Waals surface area contributed by atoms with Gasteiger partial charge in [0.25, 0.3) is 11.5 Å². The number of hydrogen-bond acceptors (Lipinski definition) is 4. The Hall–Kier alpha value is -3.15. The number of rotatable bonds is 5. The molecular weight excluding hydrogens is 330 g/mol. The van der Waals surface area contributed by atoms with Crippen molar-refractivity contribution in [3.05, 3.63) is 70.3 Å². The van der Waals surface area contributed by atoms with Gasteiger partial charge in [-0.3, -0.25) is 14.6 Å². The average Bonchev–Trinajstić information content (AvgIpc) is 2.64. The molecule has 0 saturated carbocycles. The molecule has 0 unspecified atom stereocenters. The number of benzene rings is 1. The Morgan fingerprint density at radius 1 is 1.23 bits per heavy atom. The maximum atomic E-state index is 12.9. The van der Waals surface area contributed by atoms with Crippen molar-refractivity contribution in [1.29, 1.82) is 0 Å². The molecule has 0 fully saturated rings. The van der Waals surface area contributed by atoms with Gasteiger partial charge in [0.1, 0.15) is 11.3 Å². The highest BCUT2D eigenvalue weighted by atomic mass is 16.3. The summed E-state index contributed by atoms with van der Waals surface area (Å²) in [5, 5.41) is 13.7. The van der Waals surface area contributed by atoms with Gasteiger partial charge in [-0.2, -0.15) is 0 Å². The van der Waals surface area contributed by atoms with Crippen molar-refractivity contribution >= 4 is 16.8 Å². The summed E-state index contributed by atoms with van der Waals surface area (Å²) >= 11 is 0. The molecule has 2 N–H and O–H groups in total. The summed E-state index contributed by atoms with van der Waals surface area (Å²) in [6.07, 6.45) is 3.28. The van der Waals surface area contributed by atoms with Gasteiger partial charge in [0.2, 0.25) is 0 Å². The zero-order valence-corrected chi connectivity index (χ0v) is 14.8. The molecule has 1 amide bonds.